The Morgan fingerprint density at radius 2 is 0.791 bits per heavy atom. The monoisotopic (exact) mass is 871 g/mol. The van der Waals surface area contributed by atoms with Crippen molar-refractivity contribution in [2.75, 3.05) is 4.90 Å². The fourth-order valence-corrected chi connectivity index (χ4v) is 15.0. The number of furan rings is 1. The Morgan fingerprint density at radius 1 is 0.299 bits per heavy atom. The molecule has 0 radical (unpaired) electrons. The van der Waals surface area contributed by atoms with Crippen molar-refractivity contribution >= 4 is 78.6 Å². The molecule has 1 aromatic heterocycles. The third-order valence-corrected chi connectivity index (χ3v) is 18.2. The van der Waals surface area contributed by atoms with Crippen LogP contribution in [0.4, 0.5) is 17.1 Å². The van der Waals surface area contributed by atoms with E-state index in [4.69, 9.17) is 4.42 Å². The normalized spacial score (nSPS) is 11.6. The summed E-state index contributed by atoms with van der Waals surface area (Å²) in [4.78, 5) is 2.41. The van der Waals surface area contributed by atoms with Crippen molar-refractivity contribution in [1.82, 2.24) is 0 Å². The van der Waals surface area contributed by atoms with E-state index in [1.165, 1.54) is 59.3 Å². The first-order valence-corrected chi connectivity index (χ1v) is 25.0. The average Bonchev–Trinajstić information content (AvgIpc) is 3.79. The van der Waals surface area contributed by atoms with Gasteiger partial charge in [0, 0.05) is 16.8 Å². The van der Waals surface area contributed by atoms with Crippen LogP contribution in [-0.2, 0) is 0 Å². The van der Waals surface area contributed by atoms with E-state index in [9.17, 15) is 0 Å². The molecule has 0 N–H and O–H groups in total. The third kappa shape index (κ3) is 7.14. The molecule has 1 heterocycles. The number of hydrogen-bond acceptors (Lipinski definition) is 2. The van der Waals surface area contributed by atoms with E-state index in [1.54, 1.807) is 0 Å². The molecule has 0 saturated heterocycles. The summed E-state index contributed by atoms with van der Waals surface area (Å²) in [6, 6.07) is 99.6. The van der Waals surface area contributed by atoms with E-state index in [1.807, 2.05) is 0 Å². The first-order chi connectivity index (χ1) is 33.2. The minimum atomic E-state index is -2.75. The van der Waals surface area contributed by atoms with E-state index in [2.05, 4.69) is 278 Å². The van der Waals surface area contributed by atoms with Crippen LogP contribution in [0.5, 0.6) is 0 Å². The van der Waals surface area contributed by atoms with Crippen molar-refractivity contribution in [3.63, 3.8) is 0 Å². The summed E-state index contributed by atoms with van der Waals surface area (Å²) < 4.78 is 6.72. The number of benzene rings is 11. The summed E-state index contributed by atoms with van der Waals surface area (Å²) in [7, 11) is -2.75. The lowest BCUT2D eigenvalue weighted by Crippen LogP contribution is -2.74. The van der Waals surface area contributed by atoms with Gasteiger partial charge in [-0.25, -0.2) is 0 Å². The molecule has 0 amide bonds. The van der Waals surface area contributed by atoms with E-state index < -0.39 is 8.07 Å². The molecule has 0 aliphatic heterocycles. The Balaban J connectivity index is 1.05. The average molecular weight is 872 g/mol. The van der Waals surface area contributed by atoms with Gasteiger partial charge in [-0.05, 0) is 119 Å². The summed E-state index contributed by atoms with van der Waals surface area (Å²) in [5.74, 6) is 0. The van der Waals surface area contributed by atoms with Gasteiger partial charge in [-0.2, -0.15) is 0 Å². The minimum absolute atomic E-state index is 0.846. The number of hydrogen-bond donors (Lipinski definition) is 0. The molecule has 12 aromatic rings. The summed E-state index contributed by atoms with van der Waals surface area (Å²) in [5, 5.41) is 9.98. The molecule has 0 unspecified atom stereocenters. The van der Waals surface area contributed by atoms with Crippen molar-refractivity contribution < 1.29 is 4.42 Å². The zero-order chi connectivity index (χ0) is 44.6. The molecule has 316 valence electrons. The largest absolute Gasteiger partial charge is 0.456 e. The minimum Gasteiger partial charge on any atom is -0.456 e. The highest BCUT2D eigenvalue weighted by atomic mass is 28.3. The predicted octanol–water partition coefficient (Wildman–Crippen LogP) is 14.6. The molecule has 67 heavy (non-hydrogen) atoms. The van der Waals surface area contributed by atoms with Gasteiger partial charge in [0.25, 0.3) is 0 Å². The van der Waals surface area contributed by atoms with Crippen molar-refractivity contribution in [1.29, 1.82) is 0 Å². The highest BCUT2D eigenvalue weighted by Gasteiger charge is 2.41. The van der Waals surface area contributed by atoms with Crippen LogP contribution in [0.2, 0.25) is 0 Å². The lowest BCUT2D eigenvalue weighted by molar-refractivity contribution is 0.669. The third-order valence-electron chi connectivity index (χ3n) is 13.4. The van der Waals surface area contributed by atoms with Crippen molar-refractivity contribution in [3.05, 3.63) is 273 Å². The van der Waals surface area contributed by atoms with Gasteiger partial charge in [0.05, 0.1) is 11.1 Å². The lowest BCUT2D eigenvalue weighted by atomic mass is 9.93. The quantitative estimate of drug-likeness (QED) is 0.101. The Kier molecular flexibility index (Phi) is 10.2. The van der Waals surface area contributed by atoms with Gasteiger partial charge in [0.1, 0.15) is 11.2 Å². The number of nitrogens with zero attached hydrogens (tertiary/aromatic N) is 1. The molecule has 0 aliphatic rings. The first-order valence-electron chi connectivity index (χ1n) is 23.0. The molecular weight excluding hydrogens is 827 g/mol. The van der Waals surface area contributed by atoms with Crippen molar-refractivity contribution in [2.45, 2.75) is 0 Å². The summed E-state index contributed by atoms with van der Waals surface area (Å²) in [6.45, 7) is 0. The second kappa shape index (κ2) is 17.1. The molecule has 3 heteroatoms. The molecule has 0 saturated carbocycles. The Morgan fingerprint density at radius 3 is 1.42 bits per heavy atom. The van der Waals surface area contributed by atoms with Crippen molar-refractivity contribution in [2.24, 2.45) is 0 Å². The highest BCUT2D eigenvalue weighted by Crippen LogP contribution is 2.45. The Bertz CT molecular complexity index is 3560. The molecule has 11 aromatic carbocycles. The van der Waals surface area contributed by atoms with E-state index in [-0.39, 0.29) is 0 Å². The van der Waals surface area contributed by atoms with Crippen LogP contribution in [0.1, 0.15) is 0 Å². The fourth-order valence-electron chi connectivity index (χ4n) is 10.3. The van der Waals surface area contributed by atoms with Gasteiger partial charge in [-0.15, -0.1) is 0 Å². The van der Waals surface area contributed by atoms with Crippen LogP contribution in [0.25, 0.3) is 66.1 Å². The Labute approximate surface area is 392 Å². The van der Waals surface area contributed by atoms with Crippen LogP contribution < -0.4 is 25.6 Å². The Hall–Kier alpha value is -8.50. The van der Waals surface area contributed by atoms with E-state index in [0.717, 1.165) is 44.6 Å². The standard InChI is InChI=1S/C64H45NOSi/c1-5-19-48(20-6-1)58-28-15-16-29-59(58)51-36-43-62-60(45-51)64-61(30-17-31-63(64)66-62)65(52-37-34-47(35-38-52)50-33-32-46-18-13-14-21-49(46)44-50)53-39-41-57(42-40-53)67(54-22-7-2-8-23-54,55-24-9-3-10-25-55)56-26-11-4-12-27-56/h1-45H. The van der Waals surface area contributed by atoms with Crippen LogP contribution in [0, 0.1) is 0 Å². The maximum Gasteiger partial charge on any atom is 0.179 e. The van der Waals surface area contributed by atoms with Gasteiger partial charge in [-0.1, -0.05) is 218 Å². The van der Waals surface area contributed by atoms with Gasteiger partial charge in [0.15, 0.2) is 8.07 Å². The van der Waals surface area contributed by atoms with Crippen LogP contribution in [0.3, 0.4) is 0 Å². The molecule has 0 aliphatic carbocycles. The van der Waals surface area contributed by atoms with Crippen molar-refractivity contribution in [3.8, 4) is 33.4 Å². The molecule has 12 rings (SSSR count). The maximum absolute atomic E-state index is 6.72. The SMILES string of the molecule is c1ccc(-c2ccccc2-c2ccc3oc4cccc(N(c5ccc(-c6ccc7ccccc7c6)cc5)c5ccc([Si](c6ccccc6)(c6ccccc6)c6ccccc6)cc5)c4c3c2)cc1. The van der Waals surface area contributed by atoms with Crippen LogP contribution in [0.15, 0.2) is 277 Å². The highest BCUT2D eigenvalue weighted by molar-refractivity contribution is 7.19. The molecule has 0 fully saturated rings. The number of rotatable bonds is 10. The van der Waals surface area contributed by atoms with Crippen LogP contribution in [-0.4, -0.2) is 8.07 Å². The maximum atomic E-state index is 6.72. The first kappa shape index (κ1) is 40.0. The smallest absolute Gasteiger partial charge is 0.179 e. The topological polar surface area (TPSA) is 16.4 Å². The lowest BCUT2D eigenvalue weighted by Gasteiger charge is -2.35. The zero-order valence-corrected chi connectivity index (χ0v) is 37.8. The van der Waals surface area contributed by atoms with Gasteiger partial charge >= 0.3 is 0 Å². The second-order valence-corrected chi connectivity index (χ2v) is 21.0. The number of anilines is 3. The van der Waals surface area contributed by atoms with E-state index >= 15 is 0 Å². The number of fused-ring (bicyclic) bond motifs is 4. The fraction of sp³-hybridized carbons (Fsp3) is 0. The molecule has 0 atom stereocenters. The van der Waals surface area contributed by atoms with Gasteiger partial charge in [0.2, 0.25) is 0 Å². The zero-order valence-electron chi connectivity index (χ0n) is 36.8. The molecule has 2 nitrogen and oxygen atoms in total. The molecular formula is C64H45NOSi. The summed E-state index contributed by atoms with van der Waals surface area (Å²) in [5.41, 5.74) is 11.9. The van der Waals surface area contributed by atoms with E-state index in [0.29, 0.717) is 0 Å². The summed E-state index contributed by atoms with van der Waals surface area (Å²) in [6.07, 6.45) is 0. The second-order valence-electron chi connectivity index (χ2n) is 17.2. The van der Waals surface area contributed by atoms with Crippen LogP contribution >= 0.6 is 0 Å². The van der Waals surface area contributed by atoms with Gasteiger partial charge < -0.3 is 9.32 Å². The van der Waals surface area contributed by atoms with Gasteiger partial charge in [-0.3, -0.25) is 0 Å². The summed E-state index contributed by atoms with van der Waals surface area (Å²) >= 11 is 0. The molecule has 0 spiro atoms. The molecule has 0 bridgehead atoms. The predicted molar refractivity (Wildman–Crippen MR) is 286 cm³/mol.